The Morgan fingerprint density at radius 2 is 1.52 bits per heavy atom. The molecule has 2 rings (SSSR count). The van der Waals surface area contributed by atoms with E-state index in [4.69, 9.17) is 40.6 Å². The Balaban J connectivity index is 2.50. The summed E-state index contributed by atoms with van der Waals surface area (Å²) in [5.74, 6) is 2.38. The maximum absolute atomic E-state index is 13.6. The fraction of sp³-hybridized carbons (Fsp3) is 0. The van der Waals surface area contributed by atoms with Gasteiger partial charge in [-0.3, -0.25) is 4.79 Å². The summed E-state index contributed by atoms with van der Waals surface area (Å²) in [5, 5.41) is 0.648. The number of nitrogens with zero attached hydrogens (tertiary/aromatic N) is 1. The van der Waals surface area contributed by atoms with Crippen molar-refractivity contribution in [3.8, 4) is 0 Å². The molecule has 0 unspecified atom stereocenters. The van der Waals surface area contributed by atoms with Gasteiger partial charge in [-0.2, -0.15) is 0 Å². The minimum atomic E-state index is -1.13. The molecule has 0 aliphatic rings. The van der Waals surface area contributed by atoms with Gasteiger partial charge in [0.15, 0.2) is 0 Å². The predicted octanol–water partition coefficient (Wildman–Crippen LogP) is 4.45. The van der Waals surface area contributed by atoms with Gasteiger partial charge < -0.3 is 0 Å². The Bertz CT molecular complexity index is 681. The van der Waals surface area contributed by atoms with Crippen molar-refractivity contribution in [3.63, 3.8) is 0 Å². The second kappa shape index (κ2) is 6.15. The molecule has 0 atom stereocenters. The number of amides is 1. The van der Waals surface area contributed by atoms with E-state index in [-0.39, 0.29) is 20.8 Å². The molecule has 0 radical (unpaired) electrons. The van der Waals surface area contributed by atoms with Crippen molar-refractivity contribution in [2.24, 2.45) is 5.84 Å². The van der Waals surface area contributed by atoms with Gasteiger partial charge in [-0.05, 0) is 24.3 Å². The number of hydrogen-bond acceptors (Lipinski definition) is 2. The van der Waals surface area contributed by atoms with Crippen LogP contribution < -0.4 is 10.9 Å². The molecule has 0 aliphatic carbocycles. The van der Waals surface area contributed by atoms with E-state index in [1.807, 2.05) is 0 Å². The molecule has 0 saturated carbocycles. The van der Waals surface area contributed by atoms with E-state index in [1.54, 1.807) is 0 Å². The number of hydrogen-bond donors (Lipinski definition) is 1. The van der Waals surface area contributed by atoms with Crippen molar-refractivity contribution in [3.05, 3.63) is 62.6 Å². The first-order valence-electron chi connectivity index (χ1n) is 5.50. The van der Waals surface area contributed by atoms with Gasteiger partial charge in [-0.25, -0.2) is 19.6 Å². The van der Waals surface area contributed by atoms with Crippen LogP contribution in [0.15, 0.2) is 30.3 Å². The third kappa shape index (κ3) is 3.11. The standard InChI is InChI=1S/C13H7Cl3F2N2O/c14-6-4-7(15)12(8(16)5-6)20(19)13(21)11-9(17)2-1-3-10(11)18/h1-5H,19H2. The summed E-state index contributed by atoms with van der Waals surface area (Å²) < 4.78 is 27.2. The Kier molecular flexibility index (Phi) is 4.68. The first kappa shape index (κ1) is 16.0. The minimum Gasteiger partial charge on any atom is -0.267 e. The lowest BCUT2D eigenvalue weighted by Crippen LogP contribution is -2.39. The Labute approximate surface area is 133 Å². The molecule has 0 saturated heterocycles. The quantitative estimate of drug-likeness (QED) is 0.494. The number of anilines is 1. The summed E-state index contributed by atoms with van der Waals surface area (Å²) in [6, 6.07) is 5.61. The third-order valence-electron chi connectivity index (χ3n) is 2.62. The monoisotopic (exact) mass is 350 g/mol. The predicted molar refractivity (Wildman–Crippen MR) is 78.8 cm³/mol. The lowest BCUT2D eigenvalue weighted by molar-refractivity contribution is 0.0978. The highest BCUT2D eigenvalue weighted by molar-refractivity contribution is 6.42. The zero-order chi connectivity index (χ0) is 15.7. The van der Waals surface area contributed by atoms with Crippen LogP contribution >= 0.6 is 34.8 Å². The van der Waals surface area contributed by atoms with Crippen LogP contribution in [0, 0.1) is 11.6 Å². The lowest BCUT2D eigenvalue weighted by Gasteiger charge is -2.20. The average molecular weight is 352 g/mol. The van der Waals surface area contributed by atoms with E-state index in [0.717, 1.165) is 18.2 Å². The molecule has 1 amide bonds. The first-order valence-corrected chi connectivity index (χ1v) is 6.64. The zero-order valence-electron chi connectivity index (χ0n) is 10.2. The van der Waals surface area contributed by atoms with E-state index >= 15 is 0 Å². The smallest absolute Gasteiger partial charge is 0.267 e. The Hall–Kier alpha value is -1.40. The molecule has 0 heterocycles. The van der Waals surface area contributed by atoms with Gasteiger partial charge in [0.25, 0.3) is 5.91 Å². The third-order valence-corrected chi connectivity index (χ3v) is 3.41. The second-order valence-electron chi connectivity index (χ2n) is 3.99. The van der Waals surface area contributed by atoms with Crippen LogP contribution in [0.1, 0.15) is 10.4 Å². The van der Waals surface area contributed by atoms with Crippen LogP contribution in [0.5, 0.6) is 0 Å². The molecule has 0 aromatic heterocycles. The summed E-state index contributed by atoms with van der Waals surface area (Å²) in [5.41, 5.74) is -0.905. The van der Waals surface area contributed by atoms with Crippen molar-refractivity contribution < 1.29 is 13.6 Å². The maximum atomic E-state index is 13.6. The van der Waals surface area contributed by atoms with Crippen LogP contribution in [-0.4, -0.2) is 5.91 Å². The Morgan fingerprint density at radius 1 is 1.05 bits per heavy atom. The van der Waals surface area contributed by atoms with Crippen LogP contribution in [0.4, 0.5) is 14.5 Å². The second-order valence-corrected chi connectivity index (χ2v) is 5.24. The van der Waals surface area contributed by atoms with E-state index < -0.39 is 23.1 Å². The lowest BCUT2D eigenvalue weighted by atomic mass is 10.1. The number of carbonyl (C=O) groups excluding carboxylic acids is 1. The molecule has 8 heteroatoms. The molecule has 0 spiro atoms. The summed E-state index contributed by atoms with van der Waals surface area (Å²) in [6.07, 6.45) is 0. The van der Waals surface area contributed by atoms with Gasteiger partial charge >= 0.3 is 0 Å². The largest absolute Gasteiger partial charge is 0.278 e. The molecule has 21 heavy (non-hydrogen) atoms. The van der Waals surface area contributed by atoms with Crippen molar-refractivity contribution >= 4 is 46.4 Å². The van der Waals surface area contributed by atoms with E-state index in [2.05, 4.69) is 0 Å². The van der Waals surface area contributed by atoms with Crippen molar-refractivity contribution in [1.29, 1.82) is 0 Å². The van der Waals surface area contributed by atoms with Gasteiger partial charge in [0.1, 0.15) is 17.2 Å². The van der Waals surface area contributed by atoms with Gasteiger partial charge in [-0.1, -0.05) is 40.9 Å². The molecule has 0 fully saturated rings. The highest BCUT2D eigenvalue weighted by atomic mass is 35.5. The summed E-state index contributed by atoms with van der Waals surface area (Å²) in [6.45, 7) is 0. The van der Waals surface area contributed by atoms with Crippen molar-refractivity contribution in [2.45, 2.75) is 0 Å². The number of rotatable bonds is 2. The van der Waals surface area contributed by atoms with Gasteiger partial charge in [-0.15, -0.1) is 0 Å². The first-order chi connectivity index (χ1) is 9.82. The minimum absolute atomic E-state index is 0.0277. The molecule has 0 bridgehead atoms. The summed E-state index contributed by atoms with van der Waals surface area (Å²) in [4.78, 5) is 12.1. The average Bonchev–Trinajstić information content (AvgIpc) is 2.36. The number of halogens is 5. The molecule has 3 nitrogen and oxygen atoms in total. The van der Waals surface area contributed by atoms with Crippen LogP contribution in [0.25, 0.3) is 0 Å². The van der Waals surface area contributed by atoms with E-state index in [1.165, 1.54) is 12.1 Å². The molecule has 2 aromatic carbocycles. The number of benzene rings is 2. The summed E-state index contributed by atoms with van der Waals surface area (Å²) in [7, 11) is 0. The molecule has 2 aromatic rings. The fourth-order valence-electron chi connectivity index (χ4n) is 1.69. The number of carbonyl (C=O) groups is 1. The summed E-state index contributed by atoms with van der Waals surface area (Å²) >= 11 is 17.6. The van der Waals surface area contributed by atoms with E-state index in [0.29, 0.717) is 5.01 Å². The van der Waals surface area contributed by atoms with E-state index in [9.17, 15) is 13.6 Å². The molecular formula is C13H7Cl3F2N2O. The number of nitrogens with two attached hydrogens (primary N) is 1. The molecule has 110 valence electrons. The fourth-order valence-corrected chi connectivity index (χ4v) is 2.69. The SMILES string of the molecule is NN(C(=O)c1c(F)cccc1F)c1c(Cl)cc(Cl)cc1Cl. The Morgan fingerprint density at radius 3 is 2.00 bits per heavy atom. The highest BCUT2D eigenvalue weighted by Gasteiger charge is 2.25. The van der Waals surface area contributed by atoms with Gasteiger partial charge in [0, 0.05) is 5.02 Å². The molecule has 2 N–H and O–H groups in total. The van der Waals surface area contributed by atoms with Gasteiger partial charge in [0.2, 0.25) is 0 Å². The van der Waals surface area contributed by atoms with Crippen LogP contribution in [0.3, 0.4) is 0 Å². The van der Waals surface area contributed by atoms with Gasteiger partial charge in [0.05, 0.1) is 15.7 Å². The van der Waals surface area contributed by atoms with Crippen LogP contribution in [0.2, 0.25) is 15.1 Å². The normalized spacial score (nSPS) is 10.6. The van der Waals surface area contributed by atoms with Crippen LogP contribution in [-0.2, 0) is 0 Å². The molecular weight excluding hydrogens is 345 g/mol. The topological polar surface area (TPSA) is 46.3 Å². The zero-order valence-corrected chi connectivity index (χ0v) is 12.5. The van der Waals surface area contributed by atoms with Crippen molar-refractivity contribution in [2.75, 3.05) is 5.01 Å². The number of hydrazine groups is 1. The van der Waals surface area contributed by atoms with Crippen molar-refractivity contribution in [1.82, 2.24) is 0 Å². The maximum Gasteiger partial charge on any atom is 0.278 e. The highest BCUT2D eigenvalue weighted by Crippen LogP contribution is 2.36. The molecule has 0 aliphatic heterocycles.